The summed E-state index contributed by atoms with van der Waals surface area (Å²) >= 11 is 4.15. The highest BCUT2D eigenvalue weighted by Crippen LogP contribution is 2.35. The lowest BCUT2D eigenvalue weighted by atomic mass is 10.0. The van der Waals surface area contributed by atoms with Crippen molar-refractivity contribution in [3.05, 3.63) is 57.7 Å². The second kappa shape index (κ2) is 7.00. The van der Waals surface area contributed by atoms with Crippen LogP contribution < -0.4 is 16.0 Å². The Labute approximate surface area is 142 Å². The molecular formula is C16H17IN2OS. The topological polar surface area (TPSA) is 47.3 Å². The van der Waals surface area contributed by atoms with Crippen LogP contribution in [0.4, 0.5) is 0 Å². The van der Waals surface area contributed by atoms with Crippen LogP contribution in [0.2, 0.25) is 0 Å². The number of fused-ring (bicyclic) bond motifs is 1. The van der Waals surface area contributed by atoms with E-state index >= 15 is 0 Å². The number of halogens is 1. The molecule has 0 aromatic heterocycles. The molecule has 1 heterocycles. The van der Waals surface area contributed by atoms with Gasteiger partial charge in [-0.15, -0.1) is 11.8 Å². The molecule has 2 atom stereocenters. The van der Waals surface area contributed by atoms with E-state index in [1.807, 2.05) is 30.0 Å². The lowest BCUT2D eigenvalue weighted by molar-refractivity contribution is 0.165. The van der Waals surface area contributed by atoms with Crippen molar-refractivity contribution in [1.82, 2.24) is 5.43 Å². The highest BCUT2D eigenvalue weighted by Gasteiger charge is 2.27. The number of hydrazine groups is 1. The standard InChI is InChI=1S/C16H17IN2OS/c17-12-7-5-11(6-8-12)9-13(19-18)15-10-21-16-4-2-1-3-14(16)20-15/h1-8,13,15,19H,9-10,18H2. The van der Waals surface area contributed by atoms with Crippen LogP contribution in [0.25, 0.3) is 0 Å². The van der Waals surface area contributed by atoms with Crippen molar-refractivity contribution < 1.29 is 4.74 Å². The summed E-state index contributed by atoms with van der Waals surface area (Å²) in [6.45, 7) is 0. The van der Waals surface area contributed by atoms with E-state index < -0.39 is 0 Å². The van der Waals surface area contributed by atoms with E-state index in [-0.39, 0.29) is 12.1 Å². The van der Waals surface area contributed by atoms with Crippen molar-refractivity contribution in [2.24, 2.45) is 5.84 Å². The summed E-state index contributed by atoms with van der Waals surface area (Å²) in [4.78, 5) is 1.21. The molecule has 2 aromatic rings. The second-order valence-corrected chi connectivity index (χ2v) is 7.33. The van der Waals surface area contributed by atoms with Gasteiger partial charge in [0.2, 0.25) is 0 Å². The Morgan fingerprint density at radius 1 is 1.24 bits per heavy atom. The molecule has 3 rings (SSSR count). The van der Waals surface area contributed by atoms with Crippen molar-refractivity contribution in [3.63, 3.8) is 0 Å². The maximum Gasteiger partial charge on any atom is 0.133 e. The summed E-state index contributed by atoms with van der Waals surface area (Å²) in [6.07, 6.45) is 0.940. The predicted molar refractivity (Wildman–Crippen MR) is 95.6 cm³/mol. The maximum atomic E-state index is 6.12. The summed E-state index contributed by atoms with van der Waals surface area (Å²) in [5.41, 5.74) is 4.19. The SMILES string of the molecule is NNC(Cc1ccc(I)cc1)C1CSc2ccccc2O1. The zero-order valence-corrected chi connectivity index (χ0v) is 14.4. The van der Waals surface area contributed by atoms with Gasteiger partial charge in [-0.05, 0) is 58.8 Å². The number of thioether (sulfide) groups is 1. The Balaban J connectivity index is 1.71. The minimum absolute atomic E-state index is 0.0779. The molecule has 0 radical (unpaired) electrons. The number of benzene rings is 2. The van der Waals surface area contributed by atoms with Crippen LogP contribution in [-0.2, 0) is 6.42 Å². The number of rotatable bonds is 4. The first-order valence-electron chi connectivity index (χ1n) is 6.85. The van der Waals surface area contributed by atoms with E-state index in [2.05, 4.69) is 58.3 Å². The molecule has 3 N–H and O–H groups in total. The summed E-state index contributed by atoms with van der Waals surface area (Å²) in [7, 11) is 0. The van der Waals surface area contributed by atoms with Gasteiger partial charge in [0.1, 0.15) is 11.9 Å². The smallest absolute Gasteiger partial charge is 0.133 e. The fourth-order valence-electron chi connectivity index (χ4n) is 2.41. The molecule has 1 aliphatic heterocycles. The number of hydrogen-bond acceptors (Lipinski definition) is 4. The van der Waals surface area contributed by atoms with Crippen molar-refractivity contribution in [3.8, 4) is 5.75 Å². The van der Waals surface area contributed by atoms with Crippen LogP contribution >= 0.6 is 34.4 Å². The quantitative estimate of drug-likeness (QED) is 0.460. The van der Waals surface area contributed by atoms with Gasteiger partial charge in [-0.3, -0.25) is 11.3 Å². The molecule has 1 aliphatic rings. The van der Waals surface area contributed by atoms with E-state index in [0.29, 0.717) is 0 Å². The lowest BCUT2D eigenvalue weighted by Crippen LogP contribution is -2.50. The van der Waals surface area contributed by atoms with Crippen molar-refractivity contribution in [2.75, 3.05) is 5.75 Å². The molecule has 0 bridgehead atoms. The van der Waals surface area contributed by atoms with E-state index in [4.69, 9.17) is 10.6 Å². The first-order chi connectivity index (χ1) is 10.3. The summed E-state index contributed by atoms with van der Waals surface area (Å²) in [6, 6.07) is 16.8. The molecule has 21 heavy (non-hydrogen) atoms. The number of hydrogen-bond donors (Lipinski definition) is 2. The molecule has 3 nitrogen and oxygen atoms in total. The van der Waals surface area contributed by atoms with Crippen molar-refractivity contribution in [1.29, 1.82) is 0 Å². The fourth-order valence-corrected chi connectivity index (χ4v) is 3.84. The molecule has 5 heteroatoms. The minimum atomic E-state index is 0.0779. The van der Waals surface area contributed by atoms with Gasteiger partial charge in [0.05, 0.1) is 6.04 Å². The fraction of sp³-hybridized carbons (Fsp3) is 0.250. The Bertz CT molecular complexity index is 605. The van der Waals surface area contributed by atoms with E-state index in [0.717, 1.165) is 17.9 Å². The zero-order chi connectivity index (χ0) is 14.7. The largest absolute Gasteiger partial charge is 0.487 e. The van der Waals surface area contributed by atoms with E-state index in [9.17, 15) is 0 Å². The van der Waals surface area contributed by atoms with Gasteiger partial charge in [-0.1, -0.05) is 24.3 Å². The van der Waals surface area contributed by atoms with Crippen molar-refractivity contribution >= 4 is 34.4 Å². The third kappa shape index (κ3) is 3.71. The minimum Gasteiger partial charge on any atom is -0.487 e. The molecule has 0 amide bonds. The summed E-state index contributed by atoms with van der Waals surface area (Å²) in [5.74, 6) is 7.63. The predicted octanol–water partition coefficient (Wildman–Crippen LogP) is 3.22. The molecule has 0 saturated carbocycles. The normalized spacial score (nSPS) is 18.7. The first kappa shape index (κ1) is 15.1. The number of ether oxygens (including phenoxy) is 1. The third-order valence-corrected chi connectivity index (χ3v) is 5.42. The average Bonchev–Trinajstić information content (AvgIpc) is 2.54. The van der Waals surface area contributed by atoms with Gasteiger partial charge in [0.15, 0.2) is 0 Å². The molecule has 0 fully saturated rings. The molecule has 110 valence electrons. The van der Waals surface area contributed by atoms with Gasteiger partial charge in [0.25, 0.3) is 0 Å². The lowest BCUT2D eigenvalue weighted by Gasteiger charge is -2.31. The van der Waals surface area contributed by atoms with Gasteiger partial charge >= 0.3 is 0 Å². The van der Waals surface area contributed by atoms with Gasteiger partial charge < -0.3 is 4.74 Å². The van der Waals surface area contributed by atoms with Crippen LogP contribution in [0, 0.1) is 3.57 Å². The average molecular weight is 412 g/mol. The van der Waals surface area contributed by atoms with Crippen LogP contribution in [0.15, 0.2) is 53.4 Å². The van der Waals surface area contributed by atoms with Crippen LogP contribution in [0.3, 0.4) is 0 Å². The van der Waals surface area contributed by atoms with Crippen LogP contribution in [0.1, 0.15) is 5.56 Å². The van der Waals surface area contributed by atoms with Gasteiger partial charge in [-0.2, -0.15) is 0 Å². The summed E-state index contributed by atoms with van der Waals surface area (Å²) < 4.78 is 7.36. The first-order valence-corrected chi connectivity index (χ1v) is 8.92. The number of nitrogens with one attached hydrogen (secondary N) is 1. The Morgan fingerprint density at radius 2 is 2.00 bits per heavy atom. The van der Waals surface area contributed by atoms with Crippen molar-refractivity contribution in [2.45, 2.75) is 23.5 Å². The van der Waals surface area contributed by atoms with E-state index in [1.54, 1.807) is 0 Å². The Morgan fingerprint density at radius 3 is 2.76 bits per heavy atom. The molecule has 2 aromatic carbocycles. The summed E-state index contributed by atoms with van der Waals surface area (Å²) in [5, 5.41) is 0. The van der Waals surface area contributed by atoms with Gasteiger partial charge in [-0.25, -0.2) is 0 Å². The van der Waals surface area contributed by atoms with Crippen LogP contribution in [0.5, 0.6) is 5.75 Å². The number of para-hydroxylation sites is 1. The monoisotopic (exact) mass is 412 g/mol. The molecule has 0 saturated heterocycles. The molecule has 2 unspecified atom stereocenters. The second-order valence-electron chi connectivity index (χ2n) is 5.02. The maximum absolute atomic E-state index is 6.12. The van der Waals surface area contributed by atoms with Crippen LogP contribution in [-0.4, -0.2) is 17.9 Å². The highest BCUT2D eigenvalue weighted by atomic mass is 127. The Hall–Kier alpha value is -0.760. The molecular weight excluding hydrogens is 395 g/mol. The number of nitrogens with two attached hydrogens (primary N) is 1. The van der Waals surface area contributed by atoms with Gasteiger partial charge in [0, 0.05) is 14.2 Å². The highest BCUT2D eigenvalue weighted by molar-refractivity contribution is 14.1. The molecule has 0 aliphatic carbocycles. The van der Waals surface area contributed by atoms with E-state index in [1.165, 1.54) is 14.0 Å². The Kier molecular flexibility index (Phi) is 5.05. The zero-order valence-electron chi connectivity index (χ0n) is 11.5. The third-order valence-electron chi connectivity index (χ3n) is 3.56. The molecule has 0 spiro atoms.